The van der Waals surface area contributed by atoms with Crippen molar-refractivity contribution in [2.24, 2.45) is 0 Å². The molecule has 0 saturated carbocycles. The van der Waals surface area contributed by atoms with Crippen molar-refractivity contribution in [3.63, 3.8) is 0 Å². The molecule has 0 amide bonds. The van der Waals surface area contributed by atoms with E-state index in [2.05, 4.69) is 43.0 Å². The Morgan fingerprint density at radius 3 is 2.26 bits per heavy atom. The zero-order valence-electron chi connectivity index (χ0n) is 14.1. The number of aromatic hydroxyl groups is 1. The van der Waals surface area contributed by atoms with Gasteiger partial charge >= 0.3 is 0 Å². The molecular formula is C20H26FNO. The Morgan fingerprint density at radius 2 is 1.65 bits per heavy atom. The van der Waals surface area contributed by atoms with E-state index in [1.54, 1.807) is 6.07 Å². The van der Waals surface area contributed by atoms with Gasteiger partial charge in [-0.2, -0.15) is 0 Å². The van der Waals surface area contributed by atoms with Crippen LogP contribution in [0.5, 0.6) is 5.75 Å². The highest BCUT2D eigenvalue weighted by atomic mass is 19.1. The summed E-state index contributed by atoms with van der Waals surface area (Å²) in [5.74, 6) is -0.817. The Kier molecular flexibility index (Phi) is 6.60. The summed E-state index contributed by atoms with van der Waals surface area (Å²) in [6.45, 7) is 7.30. The molecule has 0 spiro atoms. The number of phenols is 1. The van der Waals surface area contributed by atoms with Crippen molar-refractivity contribution in [1.82, 2.24) is 4.90 Å². The van der Waals surface area contributed by atoms with Crippen molar-refractivity contribution in [1.29, 1.82) is 0 Å². The molecule has 2 nitrogen and oxygen atoms in total. The standard InChI is InChI=1S/C20H26FNO/c1-3-11-22(12-9-17-6-4-5-16(2)14-17)13-10-18-7-8-19(21)20(23)15-18/h4-8,14-15,23H,3,9-13H2,1-2H3. The van der Waals surface area contributed by atoms with Crippen molar-refractivity contribution in [2.45, 2.75) is 33.1 Å². The largest absolute Gasteiger partial charge is 0.505 e. The lowest BCUT2D eigenvalue weighted by Crippen LogP contribution is -2.29. The highest BCUT2D eigenvalue weighted by Crippen LogP contribution is 2.17. The molecule has 2 aromatic rings. The maximum absolute atomic E-state index is 13.1. The van der Waals surface area contributed by atoms with Crippen molar-refractivity contribution in [3.8, 4) is 5.75 Å². The summed E-state index contributed by atoms with van der Waals surface area (Å²) >= 11 is 0. The Bertz CT molecular complexity index is 627. The van der Waals surface area contributed by atoms with Gasteiger partial charge in [0.1, 0.15) is 0 Å². The predicted molar refractivity (Wildman–Crippen MR) is 93.4 cm³/mol. The first-order valence-electron chi connectivity index (χ1n) is 8.33. The van der Waals surface area contributed by atoms with Gasteiger partial charge in [0.2, 0.25) is 0 Å². The fourth-order valence-electron chi connectivity index (χ4n) is 2.81. The van der Waals surface area contributed by atoms with Gasteiger partial charge in [-0.05, 0) is 56.0 Å². The maximum atomic E-state index is 13.1. The molecule has 0 radical (unpaired) electrons. The topological polar surface area (TPSA) is 23.5 Å². The van der Waals surface area contributed by atoms with Crippen molar-refractivity contribution < 1.29 is 9.50 Å². The van der Waals surface area contributed by atoms with E-state index < -0.39 is 5.82 Å². The Labute approximate surface area is 138 Å². The first kappa shape index (κ1) is 17.5. The van der Waals surface area contributed by atoms with E-state index in [-0.39, 0.29) is 5.75 Å². The minimum absolute atomic E-state index is 0.260. The monoisotopic (exact) mass is 315 g/mol. The second kappa shape index (κ2) is 8.68. The zero-order chi connectivity index (χ0) is 16.7. The molecule has 2 aromatic carbocycles. The molecule has 2 rings (SSSR count). The highest BCUT2D eigenvalue weighted by Gasteiger charge is 2.07. The minimum atomic E-state index is -0.557. The molecule has 0 fully saturated rings. The van der Waals surface area contributed by atoms with Crippen molar-refractivity contribution in [3.05, 3.63) is 65.0 Å². The number of hydrogen-bond acceptors (Lipinski definition) is 2. The summed E-state index contributed by atoms with van der Waals surface area (Å²) in [6, 6.07) is 13.3. The number of phenolic OH excluding ortho intramolecular Hbond substituents is 1. The summed E-state index contributed by atoms with van der Waals surface area (Å²) in [5, 5.41) is 9.46. The van der Waals surface area contributed by atoms with Crippen molar-refractivity contribution >= 4 is 0 Å². The van der Waals surface area contributed by atoms with E-state index in [0.29, 0.717) is 0 Å². The lowest BCUT2D eigenvalue weighted by Gasteiger charge is -2.22. The first-order chi connectivity index (χ1) is 11.1. The molecule has 0 saturated heterocycles. The van der Waals surface area contributed by atoms with E-state index in [1.807, 2.05) is 0 Å². The molecule has 124 valence electrons. The Balaban J connectivity index is 1.89. The molecule has 0 aromatic heterocycles. The van der Waals surface area contributed by atoms with Crippen LogP contribution < -0.4 is 0 Å². The van der Waals surface area contributed by atoms with Crippen LogP contribution in [0.2, 0.25) is 0 Å². The third kappa shape index (κ3) is 5.68. The summed E-state index contributed by atoms with van der Waals surface area (Å²) in [5.41, 5.74) is 3.64. The normalized spacial score (nSPS) is 11.1. The molecule has 0 atom stereocenters. The van der Waals surface area contributed by atoms with Crippen LogP contribution in [0.15, 0.2) is 42.5 Å². The summed E-state index contributed by atoms with van der Waals surface area (Å²) in [7, 11) is 0. The number of benzene rings is 2. The van der Waals surface area contributed by atoms with E-state index in [1.165, 1.54) is 23.3 Å². The fraction of sp³-hybridized carbons (Fsp3) is 0.400. The molecule has 3 heteroatoms. The number of rotatable bonds is 8. The van der Waals surface area contributed by atoms with Gasteiger partial charge in [-0.1, -0.05) is 42.8 Å². The molecule has 23 heavy (non-hydrogen) atoms. The van der Waals surface area contributed by atoms with Crippen LogP contribution in [0.4, 0.5) is 4.39 Å². The van der Waals surface area contributed by atoms with Gasteiger partial charge in [0.25, 0.3) is 0 Å². The average Bonchev–Trinajstić information content (AvgIpc) is 2.53. The molecule has 0 aliphatic carbocycles. The summed E-state index contributed by atoms with van der Waals surface area (Å²) in [6.07, 6.45) is 2.97. The van der Waals surface area contributed by atoms with Crippen LogP contribution in [0.3, 0.4) is 0 Å². The second-order valence-electron chi connectivity index (χ2n) is 6.12. The SMILES string of the molecule is CCCN(CCc1cccc(C)c1)CCc1ccc(F)c(O)c1. The van der Waals surface area contributed by atoms with E-state index in [4.69, 9.17) is 0 Å². The predicted octanol–water partition coefficient (Wildman–Crippen LogP) is 4.34. The lowest BCUT2D eigenvalue weighted by atomic mass is 10.1. The minimum Gasteiger partial charge on any atom is -0.505 e. The second-order valence-corrected chi connectivity index (χ2v) is 6.12. The molecule has 0 bridgehead atoms. The van der Waals surface area contributed by atoms with Gasteiger partial charge in [0, 0.05) is 13.1 Å². The number of nitrogens with zero attached hydrogens (tertiary/aromatic N) is 1. The molecule has 0 aliphatic rings. The van der Waals surface area contributed by atoms with Crippen molar-refractivity contribution in [2.75, 3.05) is 19.6 Å². The van der Waals surface area contributed by atoms with Crippen LogP contribution in [-0.4, -0.2) is 29.6 Å². The smallest absolute Gasteiger partial charge is 0.164 e. The zero-order valence-corrected chi connectivity index (χ0v) is 14.1. The lowest BCUT2D eigenvalue weighted by molar-refractivity contribution is 0.281. The van der Waals surface area contributed by atoms with Crippen LogP contribution >= 0.6 is 0 Å². The van der Waals surface area contributed by atoms with Gasteiger partial charge in [-0.3, -0.25) is 0 Å². The van der Waals surface area contributed by atoms with Gasteiger partial charge in [0.15, 0.2) is 11.6 Å². The van der Waals surface area contributed by atoms with Gasteiger partial charge in [-0.15, -0.1) is 0 Å². The highest BCUT2D eigenvalue weighted by molar-refractivity contribution is 5.29. The average molecular weight is 315 g/mol. The van der Waals surface area contributed by atoms with Crippen LogP contribution in [0.25, 0.3) is 0 Å². The third-order valence-corrected chi connectivity index (χ3v) is 4.07. The third-order valence-electron chi connectivity index (χ3n) is 4.07. The van der Waals surface area contributed by atoms with Crippen LogP contribution in [-0.2, 0) is 12.8 Å². The number of halogens is 1. The van der Waals surface area contributed by atoms with E-state index in [9.17, 15) is 9.50 Å². The van der Waals surface area contributed by atoms with Crippen LogP contribution in [0, 0.1) is 12.7 Å². The van der Waals surface area contributed by atoms with Crippen LogP contribution in [0.1, 0.15) is 30.0 Å². The molecule has 1 N–H and O–H groups in total. The molecule has 0 heterocycles. The summed E-state index contributed by atoms with van der Waals surface area (Å²) in [4.78, 5) is 2.43. The maximum Gasteiger partial charge on any atom is 0.164 e. The van der Waals surface area contributed by atoms with Gasteiger partial charge < -0.3 is 10.0 Å². The first-order valence-corrected chi connectivity index (χ1v) is 8.33. The quantitative estimate of drug-likeness (QED) is 0.783. The molecule has 0 aliphatic heterocycles. The fourth-order valence-corrected chi connectivity index (χ4v) is 2.81. The Morgan fingerprint density at radius 1 is 0.957 bits per heavy atom. The molecular weight excluding hydrogens is 289 g/mol. The van der Waals surface area contributed by atoms with E-state index in [0.717, 1.165) is 44.5 Å². The number of hydrogen-bond donors (Lipinski definition) is 1. The summed E-state index contributed by atoms with van der Waals surface area (Å²) < 4.78 is 13.1. The molecule has 0 unspecified atom stereocenters. The van der Waals surface area contributed by atoms with Gasteiger partial charge in [0.05, 0.1) is 0 Å². The van der Waals surface area contributed by atoms with E-state index >= 15 is 0 Å². The Hall–Kier alpha value is -1.87. The number of aryl methyl sites for hydroxylation is 1. The van der Waals surface area contributed by atoms with Gasteiger partial charge in [-0.25, -0.2) is 4.39 Å².